The molecule has 1 aliphatic rings. The Kier molecular flexibility index (Phi) is 10.5. The van der Waals surface area contributed by atoms with Crippen LogP contribution in [-0.4, -0.2) is 25.5 Å². The maximum atomic E-state index is 5.83. The lowest BCUT2D eigenvalue weighted by atomic mass is 10.0. The molecule has 0 N–H and O–H groups in total. The second kappa shape index (κ2) is 14.0. The normalized spacial score (nSPS) is 17.3. The summed E-state index contributed by atoms with van der Waals surface area (Å²) in [6.45, 7) is 20.5. The molecule has 1 saturated carbocycles. The van der Waals surface area contributed by atoms with Crippen molar-refractivity contribution >= 4 is 37.1 Å². The Hall–Kier alpha value is -2.66. The summed E-state index contributed by atoms with van der Waals surface area (Å²) in [6, 6.07) is 24.3. The number of rotatable bonds is 9. The van der Waals surface area contributed by atoms with Crippen molar-refractivity contribution in [2.75, 3.05) is 14.2 Å². The molecule has 4 heteroatoms. The molecular formula is C41H52O2P2. The molecule has 1 fully saturated rings. The summed E-state index contributed by atoms with van der Waals surface area (Å²) >= 11 is 0. The van der Waals surface area contributed by atoms with Gasteiger partial charge in [-0.25, -0.2) is 0 Å². The van der Waals surface area contributed by atoms with Gasteiger partial charge < -0.3 is 9.47 Å². The van der Waals surface area contributed by atoms with Crippen LogP contribution in [0.3, 0.4) is 0 Å². The van der Waals surface area contributed by atoms with Crippen molar-refractivity contribution in [3.05, 3.63) is 105 Å². The van der Waals surface area contributed by atoms with Crippen molar-refractivity contribution < 1.29 is 9.47 Å². The SMILES string of the molecule is COc1c(C)cc(P(c2cc(C)c(OC)c(C)c2)C2CCCC2C(C)P(c2cc(C)cc(C)c2)c2cc(C)cc(C)c2)cc1C. The van der Waals surface area contributed by atoms with Crippen molar-refractivity contribution in [2.24, 2.45) is 5.92 Å². The predicted molar refractivity (Wildman–Crippen MR) is 200 cm³/mol. The molecule has 0 spiro atoms. The summed E-state index contributed by atoms with van der Waals surface area (Å²) in [7, 11) is 2.43. The van der Waals surface area contributed by atoms with Gasteiger partial charge in [0, 0.05) is 0 Å². The molecule has 0 bridgehead atoms. The first-order valence-corrected chi connectivity index (χ1v) is 19.3. The highest BCUT2D eigenvalue weighted by molar-refractivity contribution is 7.74. The molecule has 0 saturated heterocycles. The average molecular weight is 639 g/mol. The fourth-order valence-corrected chi connectivity index (χ4v) is 15.3. The zero-order valence-corrected chi connectivity index (χ0v) is 31.1. The predicted octanol–water partition coefficient (Wildman–Crippen LogP) is 9.29. The maximum Gasteiger partial charge on any atom is 0.124 e. The minimum absolute atomic E-state index is 0.547. The van der Waals surface area contributed by atoms with Crippen molar-refractivity contribution in [1.29, 1.82) is 0 Å². The van der Waals surface area contributed by atoms with E-state index in [2.05, 4.69) is 123 Å². The quantitative estimate of drug-likeness (QED) is 0.170. The highest BCUT2D eigenvalue weighted by Gasteiger charge is 2.41. The third kappa shape index (κ3) is 7.04. The lowest BCUT2D eigenvalue weighted by Gasteiger charge is -2.38. The number of ether oxygens (including phenoxy) is 2. The van der Waals surface area contributed by atoms with Crippen LogP contribution in [-0.2, 0) is 0 Å². The second-order valence-corrected chi connectivity index (χ2v) is 18.6. The van der Waals surface area contributed by atoms with Gasteiger partial charge in [-0.3, -0.25) is 0 Å². The number of methoxy groups -OCH3 is 2. The largest absolute Gasteiger partial charge is 0.496 e. The van der Waals surface area contributed by atoms with Gasteiger partial charge in [-0.1, -0.05) is 72.0 Å². The number of aryl methyl sites for hydroxylation is 8. The van der Waals surface area contributed by atoms with E-state index in [0.717, 1.165) is 11.5 Å². The van der Waals surface area contributed by atoms with Crippen molar-refractivity contribution in [3.8, 4) is 11.5 Å². The van der Waals surface area contributed by atoms with Crippen molar-refractivity contribution in [1.82, 2.24) is 0 Å². The molecule has 1 aliphatic carbocycles. The molecule has 0 heterocycles. The lowest BCUT2D eigenvalue weighted by Crippen LogP contribution is -2.33. The number of hydrogen-bond acceptors (Lipinski definition) is 2. The maximum absolute atomic E-state index is 5.83. The smallest absolute Gasteiger partial charge is 0.124 e. The summed E-state index contributed by atoms with van der Waals surface area (Å²) in [4.78, 5) is 0. The number of hydrogen-bond donors (Lipinski definition) is 0. The van der Waals surface area contributed by atoms with E-state index < -0.39 is 15.8 Å². The molecule has 0 amide bonds. The Morgan fingerprint density at radius 2 is 0.911 bits per heavy atom. The molecule has 3 unspecified atom stereocenters. The van der Waals surface area contributed by atoms with E-state index in [9.17, 15) is 0 Å². The number of benzene rings is 4. The van der Waals surface area contributed by atoms with Crippen LogP contribution in [0.5, 0.6) is 11.5 Å². The highest BCUT2D eigenvalue weighted by Crippen LogP contribution is 2.57. The molecule has 0 aromatic heterocycles. The molecule has 2 nitrogen and oxygen atoms in total. The third-order valence-electron chi connectivity index (χ3n) is 9.71. The summed E-state index contributed by atoms with van der Waals surface area (Å²) < 4.78 is 11.7. The molecule has 238 valence electrons. The van der Waals surface area contributed by atoms with Crippen molar-refractivity contribution in [2.45, 2.75) is 92.9 Å². The van der Waals surface area contributed by atoms with Crippen LogP contribution in [0.15, 0.2) is 60.7 Å². The Morgan fingerprint density at radius 1 is 0.533 bits per heavy atom. The fraction of sp³-hybridized carbons (Fsp3) is 0.415. The summed E-state index contributed by atoms with van der Waals surface area (Å²) in [5.41, 5.74) is 11.6. The van der Waals surface area contributed by atoms with Gasteiger partial charge in [0.05, 0.1) is 14.2 Å². The molecule has 45 heavy (non-hydrogen) atoms. The van der Waals surface area contributed by atoms with Crippen LogP contribution in [0.4, 0.5) is 0 Å². The first kappa shape index (κ1) is 33.7. The Balaban J connectivity index is 1.68. The fourth-order valence-electron chi connectivity index (χ4n) is 8.15. The van der Waals surface area contributed by atoms with Gasteiger partial charge in [0.15, 0.2) is 0 Å². The van der Waals surface area contributed by atoms with E-state index in [4.69, 9.17) is 9.47 Å². The van der Waals surface area contributed by atoms with E-state index in [1.807, 2.05) is 0 Å². The van der Waals surface area contributed by atoms with Gasteiger partial charge in [-0.2, -0.15) is 0 Å². The summed E-state index contributed by atoms with van der Waals surface area (Å²) in [6.07, 6.45) is 3.86. The van der Waals surface area contributed by atoms with Crippen LogP contribution in [0, 0.1) is 61.3 Å². The highest BCUT2D eigenvalue weighted by atomic mass is 31.1. The van der Waals surface area contributed by atoms with E-state index >= 15 is 0 Å². The zero-order valence-electron chi connectivity index (χ0n) is 29.3. The van der Waals surface area contributed by atoms with Gasteiger partial charge in [-0.15, -0.1) is 0 Å². The molecule has 5 rings (SSSR count). The minimum Gasteiger partial charge on any atom is -0.496 e. The first-order valence-electron chi connectivity index (χ1n) is 16.5. The molecule has 0 aliphatic heterocycles. The molecule has 4 aromatic rings. The van der Waals surface area contributed by atoms with Crippen LogP contribution in [0.25, 0.3) is 0 Å². The van der Waals surface area contributed by atoms with Gasteiger partial charge in [0.2, 0.25) is 0 Å². The summed E-state index contributed by atoms with van der Waals surface area (Å²) in [5, 5.41) is 6.02. The zero-order chi connectivity index (χ0) is 32.6. The van der Waals surface area contributed by atoms with E-state index in [0.29, 0.717) is 17.2 Å². The van der Waals surface area contributed by atoms with Gasteiger partial charge >= 0.3 is 0 Å². The van der Waals surface area contributed by atoms with Gasteiger partial charge in [0.1, 0.15) is 11.5 Å². The van der Waals surface area contributed by atoms with E-state index in [1.165, 1.54) is 85.0 Å². The monoisotopic (exact) mass is 638 g/mol. The molecule has 4 aromatic carbocycles. The Bertz CT molecular complexity index is 1490. The summed E-state index contributed by atoms with van der Waals surface area (Å²) in [5.74, 6) is 2.66. The Labute approximate surface area is 275 Å². The van der Waals surface area contributed by atoms with Gasteiger partial charge in [0.25, 0.3) is 0 Å². The van der Waals surface area contributed by atoms with E-state index in [-0.39, 0.29) is 0 Å². The van der Waals surface area contributed by atoms with Crippen LogP contribution < -0.4 is 30.7 Å². The standard InChI is InChI=1S/C41H52O2P2/c1-25-15-26(2)18-34(17-25)44(35-19-27(3)16-28(4)20-35)33(9)38-13-12-14-39(38)45(36-21-29(5)40(42-10)30(6)22-36)37-23-31(7)41(43-11)32(8)24-37/h15-24,33,38-39H,12-14H2,1-11H3. The van der Waals surface area contributed by atoms with Crippen LogP contribution >= 0.6 is 15.8 Å². The van der Waals surface area contributed by atoms with Crippen LogP contribution in [0.2, 0.25) is 0 Å². The van der Waals surface area contributed by atoms with E-state index in [1.54, 1.807) is 14.2 Å². The lowest BCUT2D eigenvalue weighted by molar-refractivity contribution is 0.408. The van der Waals surface area contributed by atoms with Crippen LogP contribution in [0.1, 0.15) is 70.7 Å². The topological polar surface area (TPSA) is 18.5 Å². The average Bonchev–Trinajstić information content (AvgIpc) is 3.41. The second-order valence-electron chi connectivity index (χ2n) is 13.6. The molecule has 0 radical (unpaired) electrons. The minimum atomic E-state index is -0.612. The molecular weight excluding hydrogens is 586 g/mol. The Morgan fingerprint density at radius 3 is 1.27 bits per heavy atom. The molecule has 3 atom stereocenters. The first-order chi connectivity index (χ1) is 21.4. The third-order valence-corrected chi connectivity index (χ3v) is 15.5. The van der Waals surface area contributed by atoms with Gasteiger partial charge in [-0.05, 0) is 169 Å². The van der Waals surface area contributed by atoms with Crippen molar-refractivity contribution in [3.63, 3.8) is 0 Å².